The first-order chi connectivity index (χ1) is 11.6. The number of hydrogen-bond acceptors (Lipinski definition) is 2. The second-order valence-electron chi connectivity index (χ2n) is 6.61. The first kappa shape index (κ1) is 21.7. The molecule has 6 heteroatoms. The van der Waals surface area contributed by atoms with Gasteiger partial charge >= 0.3 is 0 Å². The Hall–Kier alpha value is -1.31. The minimum Gasteiger partial charge on any atom is -0.352 e. The lowest BCUT2D eigenvalue weighted by atomic mass is 9.95. The van der Waals surface area contributed by atoms with Crippen molar-refractivity contribution in [1.82, 2.24) is 16.0 Å². The summed E-state index contributed by atoms with van der Waals surface area (Å²) in [6.07, 6.45) is 5.94. The highest BCUT2D eigenvalue weighted by molar-refractivity contribution is 14.0. The number of carbonyl (C=O) groups is 1. The zero-order valence-electron chi connectivity index (χ0n) is 15.5. The fourth-order valence-electron chi connectivity index (χ4n) is 3.13. The van der Waals surface area contributed by atoms with Crippen molar-refractivity contribution in [2.45, 2.75) is 58.5 Å². The second kappa shape index (κ2) is 11.3. The first-order valence-corrected chi connectivity index (χ1v) is 8.88. The number of hydrogen-bond donors (Lipinski definition) is 3. The van der Waals surface area contributed by atoms with Crippen LogP contribution >= 0.6 is 24.0 Å². The maximum atomic E-state index is 12.0. The molecule has 1 fully saturated rings. The van der Waals surface area contributed by atoms with E-state index in [4.69, 9.17) is 0 Å². The number of aryl methyl sites for hydroxylation is 2. The summed E-state index contributed by atoms with van der Waals surface area (Å²) in [5, 5.41) is 9.45. The van der Waals surface area contributed by atoms with Gasteiger partial charge in [-0.1, -0.05) is 43.0 Å². The maximum absolute atomic E-state index is 12.0. The molecule has 0 spiro atoms. The quantitative estimate of drug-likeness (QED) is 0.361. The smallest absolute Gasteiger partial charge is 0.239 e. The molecule has 1 aromatic rings. The fourth-order valence-corrected chi connectivity index (χ4v) is 3.13. The first-order valence-electron chi connectivity index (χ1n) is 8.88. The minimum absolute atomic E-state index is 0. The fraction of sp³-hybridized carbons (Fsp3) is 0.579. The summed E-state index contributed by atoms with van der Waals surface area (Å²) in [6, 6.07) is 6.75. The van der Waals surface area contributed by atoms with Gasteiger partial charge in [-0.05, 0) is 37.8 Å². The predicted molar refractivity (Wildman–Crippen MR) is 115 cm³/mol. The number of carbonyl (C=O) groups excluding carboxylic acids is 1. The van der Waals surface area contributed by atoms with Crippen LogP contribution in [-0.2, 0) is 11.3 Å². The van der Waals surface area contributed by atoms with E-state index in [-0.39, 0.29) is 36.4 Å². The van der Waals surface area contributed by atoms with Crippen LogP contribution in [-0.4, -0.2) is 31.5 Å². The Labute approximate surface area is 168 Å². The third kappa shape index (κ3) is 7.63. The molecule has 0 heterocycles. The Morgan fingerprint density at radius 3 is 2.52 bits per heavy atom. The van der Waals surface area contributed by atoms with Gasteiger partial charge in [0.25, 0.3) is 0 Å². The lowest BCUT2D eigenvalue weighted by molar-refractivity contribution is -0.120. The largest absolute Gasteiger partial charge is 0.352 e. The van der Waals surface area contributed by atoms with Crippen LogP contribution in [0.4, 0.5) is 0 Å². The van der Waals surface area contributed by atoms with Gasteiger partial charge in [0.1, 0.15) is 0 Å². The van der Waals surface area contributed by atoms with Crippen LogP contribution in [0.15, 0.2) is 23.2 Å². The lowest BCUT2D eigenvalue weighted by Gasteiger charge is -2.23. The molecule has 0 unspecified atom stereocenters. The molecule has 0 bridgehead atoms. The number of nitrogens with zero attached hydrogens (tertiary/aromatic N) is 1. The predicted octanol–water partition coefficient (Wildman–Crippen LogP) is 3.04. The van der Waals surface area contributed by atoms with E-state index in [1.165, 1.54) is 36.0 Å². The van der Waals surface area contributed by atoms with E-state index in [1.807, 2.05) is 0 Å². The van der Waals surface area contributed by atoms with Crippen molar-refractivity contribution in [2.24, 2.45) is 4.99 Å². The van der Waals surface area contributed by atoms with E-state index >= 15 is 0 Å². The molecule has 1 aromatic carbocycles. The summed E-state index contributed by atoms with van der Waals surface area (Å²) in [5.41, 5.74) is 3.75. The molecule has 25 heavy (non-hydrogen) atoms. The number of benzene rings is 1. The zero-order chi connectivity index (χ0) is 17.4. The van der Waals surface area contributed by atoms with Crippen molar-refractivity contribution in [1.29, 1.82) is 0 Å². The lowest BCUT2D eigenvalue weighted by Crippen LogP contribution is -2.45. The summed E-state index contributed by atoms with van der Waals surface area (Å²) in [7, 11) is 1.72. The van der Waals surface area contributed by atoms with Crippen LogP contribution in [0.3, 0.4) is 0 Å². The molecule has 1 amide bonds. The molecule has 3 N–H and O–H groups in total. The average molecular weight is 458 g/mol. The van der Waals surface area contributed by atoms with E-state index in [9.17, 15) is 4.79 Å². The number of guanidine groups is 1. The van der Waals surface area contributed by atoms with Gasteiger partial charge in [-0.3, -0.25) is 9.79 Å². The van der Waals surface area contributed by atoms with E-state index in [1.54, 1.807) is 7.05 Å². The van der Waals surface area contributed by atoms with Gasteiger partial charge in [0.2, 0.25) is 5.91 Å². The van der Waals surface area contributed by atoms with Gasteiger partial charge < -0.3 is 16.0 Å². The molecular weight excluding hydrogens is 427 g/mol. The second-order valence-corrected chi connectivity index (χ2v) is 6.61. The van der Waals surface area contributed by atoms with Gasteiger partial charge in [-0.2, -0.15) is 0 Å². The van der Waals surface area contributed by atoms with Crippen LogP contribution in [0.25, 0.3) is 0 Å². The van der Waals surface area contributed by atoms with Gasteiger partial charge in [0, 0.05) is 19.6 Å². The SMILES string of the molecule is CN=C(NCC(=O)NC1CCCCC1)NCc1ccc(C)cc1C.I. The highest BCUT2D eigenvalue weighted by Crippen LogP contribution is 2.17. The summed E-state index contributed by atoms with van der Waals surface area (Å²) < 4.78 is 0. The Balaban J connectivity index is 0.00000312. The number of aliphatic imine (C=N–C) groups is 1. The Morgan fingerprint density at radius 2 is 1.88 bits per heavy atom. The number of amides is 1. The standard InChI is InChI=1S/C19H30N4O.HI/c1-14-9-10-16(15(2)11-14)12-21-19(20-3)22-13-18(24)23-17-7-5-4-6-8-17;/h9-11,17H,4-8,12-13H2,1-3H3,(H,23,24)(H2,20,21,22);1H. The van der Waals surface area contributed by atoms with Crippen molar-refractivity contribution >= 4 is 35.8 Å². The van der Waals surface area contributed by atoms with Crippen LogP contribution in [0.5, 0.6) is 0 Å². The van der Waals surface area contributed by atoms with Crippen molar-refractivity contribution in [3.63, 3.8) is 0 Å². The molecule has 0 atom stereocenters. The molecule has 140 valence electrons. The van der Waals surface area contributed by atoms with E-state index in [0.29, 0.717) is 18.5 Å². The number of halogens is 1. The highest BCUT2D eigenvalue weighted by Gasteiger charge is 2.15. The van der Waals surface area contributed by atoms with Crippen molar-refractivity contribution < 1.29 is 4.79 Å². The van der Waals surface area contributed by atoms with E-state index < -0.39 is 0 Å². The van der Waals surface area contributed by atoms with Gasteiger partial charge in [-0.25, -0.2) is 0 Å². The van der Waals surface area contributed by atoms with Crippen molar-refractivity contribution in [3.8, 4) is 0 Å². The van der Waals surface area contributed by atoms with E-state index in [2.05, 4.69) is 53.0 Å². The molecule has 0 aromatic heterocycles. The molecule has 0 radical (unpaired) electrons. The number of rotatable bonds is 5. The monoisotopic (exact) mass is 458 g/mol. The molecule has 0 saturated heterocycles. The summed E-state index contributed by atoms with van der Waals surface area (Å²) in [6.45, 7) is 5.15. The molecule has 0 aliphatic heterocycles. The van der Waals surface area contributed by atoms with Crippen LogP contribution in [0.1, 0.15) is 48.8 Å². The molecule has 5 nitrogen and oxygen atoms in total. The maximum Gasteiger partial charge on any atom is 0.239 e. The van der Waals surface area contributed by atoms with Gasteiger partial charge in [0.05, 0.1) is 6.54 Å². The average Bonchev–Trinajstić information content (AvgIpc) is 2.57. The Kier molecular flexibility index (Phi) is 9.85. The third-order valence-electron chi connectivity index (χ3n) is 4.55. The molecular formula is C19H31IN4O. The Morgan fingerprint density at radius 1 is 1.16 bits per heavy atom. The van der Waals surface area contributed by atoms with Crippen LogP contribution < -0.4 is 16.0 Å². The molecule has 1 aliphatic carbocycles. The minimum atomic E-state index is 0. The zero-order valence-corrected chi connectivity index (χ0v) is 17.9. The molecule has 1 saturated carbocycles. The normalized spacial score (nSPS) is 15.2. The van der Waals surface area contributed by atoms with Crippen molar-refractivity contribution in [3.05, 3.63) is 34.9 Å². The molecule has 2 rings (SSSR count). The van der Waals surface area contributed by atoms with E-state index in [0.717, 1.165) is 12.8 Å². The summed E-state index contributed by atoms with van der Waals surface area (Å²) in [5.74, 6) is 0.685. The Bertz CT molecular complexity index is 583. The van der Waals surface area contributed by atoms with Crippen LogP contribution in [0.2, 0.25) is 0 Å². The van der Waals surface area contributed by atoms with Crippen molar-refractivity contribution in [2.75, 3.05) is 13.6 Å². The summed E-state index contributed by atoms with van der Waals surface area (Å²) >= 11 is 0. The van der Waals surface area contributed by atoms with Gasteiger partial charge in [0.15, 0.2) is 5.96 Å². The highest BCUT2D eigenvalue weighted by atomic mass is 127. The summed E-state index contributed by atoms with van der Waals surface area (Å²) in [4.78, 5) is 16.2. The molecule has 1 aliphatic rings. The number of nitrogens with one attached hydrogen (secondary N) is 3. The van der Waals surface area contributed by atoms with Crippen LogP contribution in [0, 0.1) is 13.8 Å². The topological polar surface area (TPSA) is 65.5 Å². The third-order valence-corrected chi connectivity index (χ3v) is 4.55. The van der Waals surface area contributed by atoms with Gasteiger partial charge in [-0.15, -0.1) is 24.0 Å².